The largest absolute Gasteiger partial charge is 0.508 e. The molecule has 0 saturated carbocycles. The van der Waals surface area contributed by atoms with Crippen molar-refractivity contribution in [1.82, 2.24) is 20.0 Å². The van der Waals surface area contributed by atoms with E-state index in [1.54, 1.807) is 4.90 Å². The van der Waals surface area contributed by atoms with Gasteiger partial charge in [-0.05, 0) is 120 Å². The topological polar surface area (TPSA) is 114 Å². The first kappa shape index (κ1) is 35.9. The average molecular weight is 764 g/mol. The van der Waals surface area contributed by atoms with Gasteiger partial charge in [0.1, 0.15) is 11.8 Å². The number of likely N-dealkylation sites (tertiary alicyclic amines) is 1. The summed E-state index contributed by atoms with van der Waals surface area (Å²) in [7, 11) is 0. The lowest BCUT2D eigenvalue weighted by Crippen LogP contribution is -2.53. The van der Waals surface area contributed by atoms with E-state index in [1.807, 2.05) is 29.2 Å². The number of carbonyl (C=O) groups is 4. The van der Waals surface area contributed by atoms with Gasteiger partial charge in [-0.15, -0.1) is 0 Å². The molecular formula is C47H49N5O5. The molecule has 2 N–H and O–H groups in total. The summed E-state index contributed by atoms with van der Waals surface area (Å²) in [4.78, 5) is 59.7. The second-order valence-corrected chi connectivity index (χ2v) is 17.2. The maximum atomic E-state index is 13.7. The van der Waals surface area contributed by atoms with E-state index in [1.165, 1.54) is 27.9 Å². The van der Waals surface area contributed by atoms with Crippen molar-refractivity contribution < 1.29 is 24.3 Å². The van der Waals surface area contributed by atoms with E-state index in [2.05, 4.69) is 75.8 Å². The number of piperidine rings is 2. The lowest BCUT2D eigenvalue weighted by molar-refractivity contribution is -0.138. The van der Waals surface area contributed by atoms with Crippen LogP contribution in [0.25, 0.3) is 0 Å². The SMILES string of the molecule is O=C1CCC(N2Cc3cc4c(cc3C2=O)CN(C(=O)C2CCN(CC3CN(c5ccc([C@@H]6c7ccc(O)cc7CC[C@@H]6c6ccccc6)cc5)C3)CC2)C4)C(=O)N1. The van der Waals surface area contributed by atoms with Gasteiger partial charge in [-0.25, -0.2) is 0 Å². The summed E-state index contributed by atoms with van der Waals surface area (Å²) in [5.74, 6) is 0.961. The van der Waals surface area contributed by atoms with Gasteiger partial charge in [-0.3, -0.25) is 24.5 Å². The lowest BCUT2D eigenvalue weighted by atomic mass is 9.69. The fourth-order valence-electron chi connectivity index (χ4n) is 10.7. The molecule has 5 aliphatic heterocycles. The number of fused-ring (bicyclic) bond motifs is 3. The summed E-state index contributed by atoms with van der Waals surface area (Å²) in [6.07, 6.45) is 4.34. The number of anilines is 1. The van der Waals surface area contributed by atoms with Crippen LogP contribution in [-0.2, 0) is 40.4 Å². The van der Waals surface area contributed by atoms with Crippen LogP contribution in [0.2, 0.25) is 0 Å². The van der Waals surface area contributed by atoms with Gasteiger partial charge in [0.2, 0.25) is 17.7 Å². The first-order valence-electron chi connectivity index (χ1n) is 20.8. The molecule has 4 aromatic carbocycles. The van der Waals surface area contributed by atoms with E-state index in [0.717, 1.165) is 75.1 Å². The number of hydrogen-bond acceptors (Lipinski definition) is 7. The first-order chi connectivity index (χ1) is 27.8. The number of carbonyl (C=O) groups excluding carboxylic acids is 4. The number of rotatable bonds is 7. The zero-order chi connectivity index (χ0) is 38.8. The maximum Gasteiger partial charge on any atom is 0.255 e. The van der Waals surface area contributed by atoms with Crippen molar-refractivity contribution in [2.24, 2.45) is 11.8 Å². The minimum atomic E-state index is -0.625. The molecule has 4 aromatic rings. The molecule has 0 aromatic heterocycles. The highest BCUT2D eigenvalue weighted by Crippen LogP contribution is 2.47. The van der Waals surface area contributed by atoms with Crippen LogP contribution in [0.15, 0.2) is 84.9 Å². The molecule has 4 amide bonds. The molecule has 3 fully saturated rings. The van der Waals surface area contributed by atoms with Crippen LogP contribution in [0, 0.1) is 11.8 Å². The third kappa shape index (κ3) is 6.67. The molecule has 292 valence electrons. The number of aromatic hydroxyl groups is 1. The third-order valence-electron chi connectivity index (χ3n) is 13.7. The quantitative estimate of drug-likeness (QED) is 0.232. The number of nitrogens with zero attached hydrogens (tertiary/aromatic N) is 4. The molecular weight excluding hydrogens is 715 g/mol. The Labute approximate surface area is 333 Å². The fraction of sp³-hybridized carbons (Fsp3) is 0.404. The number of imide groups is 1. The molecule has 3 saturated heterocycles. The smallest absolute Gasteiger partial charge is 0.255 e. The van der Waals surface area contributed by atoms with Crippen molar-refractivity contribution in [2.45, 2.75) is 76.0 Å². The Morgan fingerprint density at radius 1 is 0.737 bits per heavy atom. The van der Waals surface area contributed by atoms with Gasteiger partial charge in [0, 0.05) is 74.7 Å². The van der Waals surface area contributed by atoms with Crippen LogP contribution >= 0.6 is 0 Å². The Bertz CT molecular complexity index is 2240. The van der Waals surface area contributed by atoms with E-state index in [9.17, 15) is 24.3 Å². The minimum Gasteiger partial charge on any atom is -0.508 e. The molecule has 3 atom stereocenters. The zero-order valence-electron chi connectivity index (χ0n) is 32.2. The van der Waals surface area contributed by atoms with E-state index in [0.29, 0.717) is 49.2 Å². The number of amides is 4. The molecule has 0 radical (unpaired) electrons. The van der Waals surface area contributed by atoms with Gasteiger partial charge in [-0.1, -0.05) is 54.6 Å². The lowest BCUT2D eigenvalue weighted by Gasteiger charge is -2.44. The van der Waals surface area contributed by atoms with Crippen molar-refractivity contribution in [1.29, 1.82) is 0 Å². The Morgan fingerprint density at radius 2 is 1.49 bits per heavy atom. The molecule has 0 bridgehead atoms. The fourth-order valence-corrected chi connectivity index (χ4v) is 10.7. The maximum absolute atomic E-state index is 13.7. The molecule has 10 rings (SSSR count). The van der Waals surface area contributed by atoms with E-state index in [4.69, 9.17) is 0 Å². The molecule has 1 unspecified atom stereocenters. The first-order valence-corrected chi connectivity index (χ1v) is 20.8. The van der Waals surface area contributed by atoms with Gasteiger partial charge >= 0.3 is 0 Å². The highest BCUT2D eigenvalue weighted by molar-refractivity contribution is 6.05. The minimum absolute atomic E-state index is 0.0202. The second kappa shape index (κ2) is 14.5. The standard InChI is InChI=1S/C47H49N5O5/c53-38-11-13-40-33(21-38)8-12-39(30-4-2-1-3-5-30)44(40)31-6-9-37(10-7-31)50-24-29(25-50)23-49-18-16-32(17-19-49)46(56)51-26-34-20-36-28-52(42-14-15-43(54)48-45(42)55)47(57)41(36)22-35(34)27-51/h1-7,9-11,13,20-22,29,32,39,42,44,53H,8,12,14-19,23-28H2,(H,48,54,55)/t39-,42?,44+/m1/s1. The van der Waals surface area contributed by atoms with Gasteiger partial charge < -0.3 is 24.7 Å². The molecule has 1 aliphatic carbocycles. The summed E-state index contributed by atoms with van der Waals surface area (Å²) < 4.78 is 0. The van der Waals surface area contributed by atoms with Crippen LogP contribution in [0.3, 0.4) is 0 Å². The number of benzene rings is 4. The Hall–Kier alpha value is -5.48. The highest BCUT2D eigenvalue weighted by Gasteiger charge is 2.41. The van der Waals surface area contributed by atoms with Crippen LogP contribution in [-0.4, -0.2) is 82.2 Å². The van der Waals surface area contributed by atoms with Gasteiger partial charge in [0.15, 0.2) is 0 Å². The third-order valence-corrected chi connectivity index (χ3v) is 13.7. The monoisotopic (exact) mass is 763 g/mol. The van der Waals surface area contributed by atoms with E-state index < -0.39 is 11.9 Å². The van der Waals surface area contributed by atoms with Crippen LogP contribution < -0.4 is 10.2 Å². The van der Waals surface area contributed by atoms with Crippen molar-refractivity contribution in [3.8, 4) is 5.75 Å². The van der Waals surface area contributed by atoms with Gasteiger partial charge in [0.25, 0.3) is 5.91 Å². The van der Waals surface area contributed by atoms with Crippen molar-refractivity contribution in [2.75, 3.05) is 37.6 Å². The summed E-state index contributed by atoms with van der Waals surface area (Å²) in [6.45, 7) is 6.43. The summed E-state index contributed by atoms with van der Waals surface area (Å²) in [5.41, 5.74) is 10.1. The highest BCUT2D eigenvalue weighted by atomic mass is 16.3. The zero-order valence-corrected chi connectivity index (χ0v) is 32.2. The predicted octanol–water partition coefficient (Wildman–Crippen LogP) is 5.71. The number of nitrogens with one attached hydrogen (secondary N) is 1. The Balaban J connectivity index is 0.708. The number of phenolic OH excluding ortho intramolecular Hbond substituents is 1. The van der Waals surface area contributed by atoms with Crippen molar-refractivity contribution in [3.63, 3.8) is 0 Å². The van der Waals surface area contributed by atoms with Crippen molar-refractivity contribution in [3.05, 3.63) is 129 Å². The van der Waals surface area contributed by atoms with Gasteiger partial charge in [-0.2, -0.15) is 0 Å². The van der Waals surface area contributed by atoms with E-state index in [-0.39, 0.29) is 36.0 Å². The molecule has 10 heteroatoms. The Morgan fingerprint density at radius 3 is 2.25 bits per heavy atom. The number of hydrogen-bond donors (Lipinski definition) is 2. The number of phenols is 1. The summed E-state index contributed by atoms with van der Waals surface area (Å²) in [5, 5.41) is 12.6. The second-order valence-electron chi connectivity index (χ2n) is 17.2. The van der Waals surface area contributed by atoms with Gasteiger partial charge in [0.05, 0.1) is 0 Å². The average Bonchev–Trinajstić information content (AvgIpc) is 3.77. The predicted molar refractivity (Wildman–Crippen MR) is 216 cm³/mol. The number of aryl methyl sites for hydroxylation is 1. The van der Waals surface area contributed by atoms with Crippen LogP contribution in [0.5, 0.6) is 5.75 Å². The van der Waals surface area contributed by atoms with Crippen molar-refractivity contribution >= 4 is 29.3 Å². The molecule has 5 heterocycles. The molecule has 10 nitrogen and oxygen atoms in total. The molecule has 6 aliphatic rings. The van der Waals surface area contributed by atoms with E-state index >= 15 is 0 Å². The molecule has 57 heavy (non-hydrogen) atoms. The van der Waals surface area contributed by atoms with Crippen LogP contribution in [0.1, 0.15) is 93.2 Å². The Kier molecular flexibility index (Phi) is 9.12. The summed E-state index contributed by atoms with van der Waals surface area (Å²) >= 11 is 0. The summed E-state index contributed by atoms with van der Waals surface area (Å²) in [6, 6.07) is 29.3. The normalized spacial score (nSPS) is 23.9. The van der Waals surface area contributed by atoms with Crippen LogP contribution in [0.4, 0.5) is 5.69 Å². The molecule has 0 spiro atoms.